The molecule has 0 saturated heterocycles. The van der Waals surface area contributed by atoms with Crippen molar-refractivity contribution in [1.29, 1.82) is 0 Å². The van der Waals surface area contributed by atoms with Gasteiger partial charge in [-0.1, -0.05) is 36.4 Å². The van der Waals surface area contributed by atoms with Crippen LogP contribution < -0.4 is 66.0 Å². The largest absolute Gasteiger partial charge is 1.00 e. The van der Waals surface area contributed by atoms with Crippen molar-refractivity contribution in [3.05, 3.63) is 78.4 Å². The fourth-order valence-electron chi connectivity index (χ4n) is 3.18. The zero-order valence-corrected chi connectivity index (χ0v) is 22.5. The number of ether oxygens (including phenoxy) is 1. The van der Waals surface area contributed by atoms with Gasteiger partial charge in [0.1, 0.15) is 11.2 Å². The summed E-state index contributed by atoms with van der Waals surface area (Å²) in [6.45, 7) is 2.08. The number of thiazole rings is 1. The van der Waals surface area contributed by atoms with Gasteiger partial charge in [0.05, 0.1) is 30.1 Å². The molecule has 1 aromatic heterocycles. The van der Waals surface area contributed by atoms with Crippen LogP contribution in [0.1, 0.15) is 5.56 Å². The Morgan fingerprint density at radius 2 is 1.75 bits per heavy atom. The molecule has 0 fully saturated rings. The van der Waals surface area contributed by atoms with Gasteiger partial charge in [0, 0.05) is 19.3 Å². The fraction of sp³-hybridized carbons (Fsp3) is 0.208. The molecular weight excluding hydrogens is 447 g/mol. The maximum absolute atomic E-state index is 11.5. The van der Waals surface area contributed by atoms with Crippen molar-refractivity contribution in [3.63, 3.8) is 0 Å². The Bertz CT molecular complexity index is 1180. The van der Waals surface area contributed by atoms with E-state index in [9.17, 15) is 5.11 Å². The summed E-state index contributed by atoms with van der Waals surface area (Å²) >= 11 is 1.46. The molecule has 0 saturated carbocycles. The average molecular weight is 472 g/mol. The molecule has 32 heavy (non-hydrogen) atoms. The molecule has 4 aromatic rings. The molecule has 6 nitrogen and oxygen atoms in total. The number of aryl methyl sites for hydroxylation is 1. The molecule has 1 heterocycles. The zero-order chi connectivity index (χ0) is 21.6. The molecule has 8 heteroatoms. The number of likely N-dealkylation sites (N-methyl/N-ethyl adjacent to an activating group) is 1. The van der Waals surface area contributed by atoms with Crippen LogP contribution in [0, 0.1) is 0 Å². The van der Waals surface area contributed by atoms with Crippen LogP contribution in [0.4, 0.5) is 16.5 Å². The summed E-state index contributed by atoms with van der Waals surface area (Å²) in [5, 5.41) is 21.0. The van der Waals surface area contributed by atoms with E-state index in [0.29, 0.717) is 13.2 Å². The zero-order valence-electron chi connectivity index (χ0n) is 18.6. The molecule has 0 unspecified atom stereocenters. The second kappa shape index (κ2) is 12.0. The van der Waals surface area contributed by atoms with Gasteiger partial charge in [-0.3, -0.25) is 0 Å². The number of benzene rings is 3. The van der Waals surface area contributed by atoms with Gasteiger partial charge in [0.2, 0.25) is 0 Å². The van der Waals surface area contributed by atoms with Gasteiger partial charge < -0.3 is 14.7 Å². The van der Waals surface area contributed by atoms with E-state index >= 15 is 0 Å². The van der Waals surface area contributed by atoms with Gasteiger partial charge in [0.15, 0.2) is 0 Å². The number of azo groups is 1. The maximum atomic E-state index is 11.5. The maximum Gasteiger partial charge on any atom is 1.00 e. The third-order valence-corrected chi connectivity index (χ3v) is 6.09. The Kier molecular flexibility index (Phi) is 9.36. The van der Waals surface area contributed by atoms with Gasteiger partial charge in [-0.15, -0.1) is 5.75 Å². The van der Waals surface area contributed by atoms with E-state index in [4.69, 9.17) is 4.74 Å². The van der Waals surface area contributed by atoms with Crippen molar-refractivity contribution < 1.29 is 65.8 Å². The molecule has 0 radical (unpaired) electrons. The van der Waals surface area contributed by atoms with Crippen molar-refractivity contribution in [1.82, 2.24) is 0 Å². The van der Waals surface area contributed by atoms with Crippen LogP contribution in [-0.2, 0) is 18.4 Å². The van der Waals surface area contributed by atoms with Crippen LogP contribution in [0.25, 0.3) is 10.2 Å². The Balaban J connectivity index is 0.00000289. The Morgan fingerprint density at radius 1 is 1.00 bits per heavy atom. The van der Waals surface area contributed by atoms with E-state index in [1.807, 2.05) is 67.2 Å². The van der Waals surface area contributed by atoms with Crippen LogP contribution in [0.3, 0.4) is 0 Å². The van der Waals surface area contributed by atoms with Gasteiger partial charge >= 0.3 is 56.5 Å². The van der Waals surface area contributed by atoms with Gasteiger partial charge in [-0.25, -0.2) is 4.57 Å². The van der Waals surface area contributed by atoms with Crippen molar-refractivity contribution in [2.75, 3.05) is 25.1 Å². The van der Waals surface area contributed by atoms with E-state index in [2.05, 4.69) is 27.3 Å². The first-order valence-electron chi connectivity index (χ1n) is 10.0. The minimum atomic E-state index is 0. The Hall–Kier alpha value is -1.65. The summed E-state index contributed by atoms with van der Waals surface area (Å²) in [6, 6.07) is 23.2. The van der Waals surface area contributed by atoms with Gasteiger partial charge in [-0.2, -0.15) is 0 Å². The fourth-order valence-corrected chi connectivity index (χ4v) is 4.18. The minimum Gasteiger partial charge on any atom is -0.872 e. The molecule has 0 atom stereocenters. The quantitative estimate of drug-likeness (QED) is 0.171. The standard InChI is InChI=1S/C24H24N4O2S.K/c1-27(14-15-30-17-18-6-4-3-5-7-18)20-10-8-19(9-11-20)25-26-24-28(2)22-13-12-21(29)16-23(22)31-24;/h3-13,16H,14-15,17H2,1-2H3;/q;+1. The Morgan fingerprint density at radius 3 is 2.50 bits per heavy atom. The second-order valence-corrected chi connectivity index (χ2v) is 8.26. The molecule has 3 aromatic carbocycles. The predicted octanol–water partition coefficient (Wildman–Crippen LogP) is 1.87. The van der Waals surface area contributed by atoms with Crippen molar-refractivity contribution in [3.8, 4) is 5.75 Å². The van der Waals surface area contributed by atoms with E-state index in [1.54, 1.807) is 12.1 Å². The Labute approximate surface area is 234 Å². The van der Waals surface area contributed by atoms with Crippen LogP contribution in [0.2, 0.25) is 0 Å². The topological polar surface area (TPSA) is 64.1 Å². The molecular formula is C24H24KN4O2S+. The SMILES string of the molecule is CN(CCOCc1ccccc1)c1ccc(N=Nc2sc3cc([O-])ccc3[n+]2C)cc1.[K+]. The van der Waals surface area contributed by atoms with Crippen molar-refractivity contribution in [2.24, 2.45) is 17.3 Å². The van der Waals surface area contributed by atoms with E-state index in [1.165, 1.54) is 16.9 Å². The first kappa shape index (κ1) is 25.0. The van der Waals surface area contributed by atoms with Crippen LogP contribution in [-0.4, -0.2) is 20.2 Å². The number of anilines is 1. The summed E-state index contributed by atoms with van der Waals surface area (Å²) < 4.78 is 8.63. The predicted molar refractivity (Wildman–Crippen MR) is 122 cm³/mol. The summed E-state index contributed by atoms with van der Waals surface area (Å²) in [7, 11) is 3.97. The molecule has 0 aliphatic rings. The molecule has 0 aliphatic heterocycles. The smallest absolute Gasteiger partial charge is 0.872 e. The molecule has 0 amide bonds. The van der Waals surface area contributed by atoms with Gasteiger partial charge in [-0.05, 0) is 58.4 Å². The molecule has 0 spiro atoms. The molecule has 0 aliphatic carbocycles. The molecule has 4 rings (SSSR count). The summed E-state index contributed by atoms with van der Waals surface area (Å²) in [5.74, 6) is 0.00279. The van der Waals surface area contributed by atoms with Crippen LogP contribution >= 0.6 is 11.3 Å². The number of aromatic nitrogens is 1. The molecule has 0 bridgehead atoms. The molecule has 158 valence electrons. The first-order valence-corrected chi connectivity index (χ1v) is 10.9. The van der Waals surface area contributed by atoms with E-state index in [0.717, 1.165) is 33.3 Å². The molecule has 0 N–H and O–H groups in total. The number of hydrogen-bond acceptors (Lipinski definition) is 6. The monoisotopic (exact) mass is 471 g/mol. The second-order valence-electron chi connectivity index (χ2n) is 7.25. The van der Waals surface area contributed by atoms with Crippen LogP contribution in [0.15, 0.2) is 83.0 Å². The number of fused-ring (bicyclic) bond motifs is 1. The third-order valence-electron chi connectivity index (χ3n) is 5.00. The average Bonchev–Trinajstić information content (AvgIpc) is 3.10. The number of hydrogen-bond donors (Lipinski definition) is 0. The summed E-state index contributed by atoms with van der Waals surface area (Å²) in [5.41, 5.74) is 4.03. The van der Waals surface area contributed by atoms with E-state index < -0.39 is 0 Å². The van der Waals surface area contributed by atoms with Crippen LogP contribution in [0.5, 0.6) is 5.75 Å². The normalized spacial score (nSPS) is 11.1. The summed E-state index contributed by atoms with van der Waals surface area (Å²) in [4.78, 5) is 2.15. The van der Waals surface area contributed by atoms with Gasteiger partial charge in [0.25, 0.3) is 0 Å². The van der Waals surface area contributed by atoms with E-state index in [-0.39, 0.29) is 57.1 Å². The van der Waals surface area contributed by atoms with Crippen molar-refractivity contribution >= 4 is 38.1 Å². The third kappa shape index (κ3) is 6.45. The summed E-state index contributed by atoms with van der Waals surface area (Å²) in [6.07, 6.45) is 0. The first-order chi connectivity index (χ1) is 15.1. The number of rotatable bonds is 8. The van der Waals surface area contributed by atoms with Crippen molar-refractivity contribution in [2.45, 2.75) is 6.61 Å². The minimum absolute atomic E-state index is 0. The number of nitrogens with zero attached hydrogens (tertiary/aromatic N) is 4.